The molecule has 0 heterocycles. The van der Waals surface area contributed by atoms with Gasteiger partial charge in [-0.25, -0.2) is 9.98 Å². The summed E-state index contributed by atoms with van der Waals surface area (Å²) < 4.78 is 31.9. The molecule has 0 aromatic heterocycles. The number of amides is 1. The Morgan fingerprint density at radius 2 is 1.96 bits per heavy atom. The molecule has 0 spiro atoms. The van der Waals surface area contributed by atoms with E-state index in [2.05, 4.69) is 22.0 Å². The largest absolute Gasteiger partial charge is 0.322 e. The molecule has 0 saturated heterocycles. The van der Waals surface area contributed by atoms with Crippen LogP contribution in [-0.4, -0.2) is 31.3 Å². The summed E-state index contributed by atoms with van der Waals surface area (Å²) in [4.78, 5) is 19.6. The third-order valence-corrected chi connectivity index (χ3v) is 5.18. The fourth-order valence-corrected chi connectivity index (χ4v) is 3.15. The summed E-state index contributed by atoms with van der Waals surface area (Å²) in [6.07, 6.45) is 5.10. The van der Waals surface area contributed by atoms with Crippen LogP contribution in [0.15, 0.2) is 67.2 Å². The number of rotatable bonds is 5. The maximum absolute atomic E-state index is 12.3. The van der Waals surface area contributed by atoms with E-state index in [-0.39, 0.29) is 20.9 Å². The molecule has 1 amide bonds. The Morgan fingerprint density at radius 1 is 1.26 bits per heavy atom. The predicted octanol–water partition coefficient (Wildman–Crippen LogP) is 3.81. The van der Waals surface area contributed by atoms with E-state index in [1.54, 1.807) is 12.2 Å². The van der Waals surface area contributed by atoms with E-state index in [1.165, 1.54) is 31.2 Å². The van der Waals surface area contributed by atoms with Crippen LogP contribution in [0.25, 0.3) is 0 Å². The van der Waals surface area contributed by atoms with Gasteiger partial charge < -0.3 is 5.32 Å². The third kappa shape index (κ3) is 5.61. The van der Waals surface area contributed by atoms with Crippen molar-refractivity contribution in [2.24, 2.45) is 9.98 Å². The summed E-state index contributed by atoms with van der Waals surface area (Å²) in [5.74, 6) is -0.442. The number of anilines is 1. The van der Waals surface area contributed by atoms with Crippen LogP contribution in [0.4, 0.5) is 5.69 Å². The van der Waals surface area contributed by atoms with Crippen LogP contribution in [0.1, 0.15) is 12.0 Å². The highest BCUT2D eigenvalue weighted by Crippen LogP contribution is 2.22. The molecule has 1 aliphatic carbocycles. The van der Waals surface area contributed by atoms with Crippen LogP contribution in [0.5, 0.6) is 0 Å². The minimum absolute atomic E-state index is 0.00924. The van der Waals surface area contributed by atoms with Crippen molar-refractivity contribution in [1.82, 2.24) is 0 Å². The molecule has 0 unspecified atom stereocenters. The number of nitrogens with zero attached hydrogens (tertiary/aromatic N) is 2. The van der Waals surface area contributed by atoms with Gasteiger partial charge in [-0.3, -0.25) is 9.35 Å². The maximum Gasteiger partial charge on any atom is 0.294 e. The minimum Gasteiger partial charge on any atom is -0.322 e. The highest BCUT2D eigenvalue weighted by atomic mass is 35.5. The van der Waals surface area contributed by atoms with Crippen LogP contribution < -0.4 is 5.32 Å². The van der Waals surface area contributed by atoms with Crippen molar-refractivity contribution < 1.29 is 17.8 Å². The molecule has 0 bridgehead atoms. The van der Waals surface area contributed by atoms with Gasteiger partial charge >= 0.3 is 0 Å². The van der Waals surface area contributed by atoms with Crippen LogP contribution in [0, 0.1) is 6.92 Å². The third-order valence-electron chi connectivity index (χ3n) is 3.52. The number of hydrogen-bond donors (Lipinski definition) is 2. The van der Waals surface area contributed by atoms with Gasteiger partial charge in [0.1, 0.15) is 0 Å². The highest BCUT2D eigenvalue weighted by molar-refractivity contribution is 7.85. The van der Waals surface area contributed by atoms with Gasteiger partial charge in [0.25, 0.3) is 16.0 Å². The molecular formula is C17H15Cl2N3O4S. The second-order valence-electron chi connectivity index (χ2n) is 5.45. The highest BCUT2D eigenvalue weighted by Gasteiger charge is 2.16. The zero-order chi connectivity index (χ0) is 20.2. The van der Waals surface area contributed by atoms with E-state index in [0.717, 1.165) is 0 Å². The molecule has 142 valence electrons. The molecule has 2 N–H and O–H groups in total. The SMILES string of the molecule is C=N/C(Cl)=C(Cl)\N=C1\C=CC(C(=O)Nc2ccc(C)c(S(=O)(=O)O)c2)=CC1. The number of halogens is 2. The lowest BCUT2D eigenvalue weighted by Crippen LogP contribution is -2.16. The van der Waals surface area contributed by atoms with Crippen molar-refractivity contribution >= 4 is 57.3 Å². The second-order valence-corrected chi connectivity index (χ2v) is 7.56. The molecule has 0 fully saturated rings. The number of aryl methyl sites for hydroxylation is 1. The molecule has 1 aromatic rings. The van der Waals surface area contributed by atoms with E-state index in [0.29, 0.717) is 23.3 Å². The smallest absolute Gasteiger partial charge is 0.294 e. The number of allylic oxidation sites excluding steroid dienone is 2. The molecule has 7 nitrogen and oxygen atoms in total. The molecule has 1 aliphatic rings. The first-order chi connectivity index (χ1) is 12.6. The number of hydrogen-bond acceptors (Lipinski definition) is 5. The number of carbonyl (C=O) groups excluding carboxylic acids is 1. The van der Waals surface area contributed by atoms with Crippen molar-refractivity contribution in [1.29, 1.82) is 0 Å². The zero-order valence-corrected chi connectivity index (χ0v) is 16.4. The van der Waals surface area contributed by atoms with Crippen LogP contribution in [0.3, 0.4) is 0 Å². The molecule has 1 aromatic carbocycles. The number of carbonyl (C=O) groups is 1. The quantitative estimate of drug-likeness (QED) is 0.422. The summed E-state index contributed by atoms with van der Waals surface area (Å²) in [6.45, 7) is 4.78. The van der Waals surface area contributed by atoms with Crippen molar-refractivity contribution in [2.75, 3.05) is 5.32 Å². The van der Waals surface area contributed by atoms with E-state index >= 15 is 0 Å². The van der Waals surface area contributed by atoms with E-state index in [4.69, 9.17) is 23.2 Å². The number of aliphatic imine (C=N–C) groups is 2. The van der Waals surface area contributed by atoms with Gasteiger partial charge in [0.05, 0.1) is 4.90 Å². The Bertz CT molecular complexity index is 1020. The number of benzene rings is 1. The zero-order valence-electron chi connectivity index (χ0n) is 14.1. The van der Waals surface area contributed by atoms with Crippen molar-refractivity contribution in [3.63, 3.8) is 0 Å². The van der Waals surface area contributed by atoms with Crippen LogP contribution >= 0.6 is 23.2 Å². The number of nitrogens with one attached hydrogen (secondary N) is 1. The monoisotopic (exact) mass is 427 g/mol. The predicted molar refractivity (Wildman–Crippen MR) is 107 cm³/mol. The molecule has 0 atom stereocenters. The van der Waals surface area contributed by atoms with Gasteiger partial charge in [-0.2, -0.15) is 8.42 Å². The summed E-state index contributed by atoms with van der Waals surface area (Å²) in [5, 5.41) is 2.54. The molecule has 2 rings (SSSR count). The maximum atomic E-state index is 12.3. The molecule has 0 aliphatic heterocycles. The lowest BCUT2D eigenvalue weighted by Gasteiger charge is -2.11. The van der Waals surface area contributed by atoms with E-state index in [9.17, 15) is 17.8 Å². The first-order valence-electron chi connectivity index (χ1n) is 7.49. The van der Waals surface area contributed by atoms with Gasteiger partial charge in [-0.05, 0) is 43.5 Å². The van der Waals surface area contributed by atoms with Crippen LogP contribution in [0.2, 0.25) is 0 Å². The first kappa shape index (κ1) is 21.0. The molecule has 0 radical (unpaired) electrons. The second kappa shape index (κ2) is 8.62. The summed E-state index contributed by atoms with van der Waals surface area (Å²) in [6, 6.07) is 4.22. The normalized spacial score (nSPS) is 16.6. The summed E-state index contributed by atoms with van der Waals surface area (Å²) >= 11 is 11.6. The Hall–Kier alpha value is -2.26. The average Bonchev–Trinajstić information content (AvgIpc) is 2.62. The van der Waals surface area contributed by atoms with Crippen molar-refractivity contribution in [3.8, 4) is 0 Å². The lowest BCUT2D eigenvalue weighted by molar-refractivity contribution is -0.112. The molecule has 27 heavy (non-hydrogen) atoms. The molecule has 10 heteroatoms. The fraction of sp³-hybridized carbons (Fsp3) is 0.118. The van der Waals surface area contributed by atoms with Gasteiger partial charge in [-0.1, -0.05) is 35.3 Å². The standard InChI is InChI=1S/C17H15Cl2N3O4S/c1-10-3-6-13(9-14(10)27(24,25)26)22-17(23)11-4-7-12(8-5-11)21-16(19)15(18)20-2/h3-7,9H,2,8H2,1H3,(H,22,23)(H,24,25,26)/b16-15-,21-12-. The Kier molecular flexibility index (Phi) is 6.72. The average molecular weight is 428 g/mol. The molecular weight excluding hydrogens is 413 g/mol. The van der Waals surface area contributed by atoms with E-state index in [1.807, 2.05) is 0 Å². The Morgan fingerprint density at radius 3 is 2.52 bits per heavy atom. The summed E-state index contributed by atoms with van der Waals surface area (Å²) in [7, 11) is -4.38. The topological polar surface area (TPSA) is 108 Å². The van der Waals surface area contributed by atoms with Crippen LogP contribution in [-0.2, 0) is 14.9 Å². The minimum atomic E-state index is -4.38. The van der Waals surface area contributed by atoms with Gasteiger partial charge in [0.15, 0.2) is 10.3 Å². The molecule has 0 saturated carbocycles. The van der Waals surface area contributed by atoms with Gasteiger partial charge in [-0.15, -0.1) is 0 Å². The van der Waals surface area contributed by atoms with Crippen molar-refractivity contribution in [2.45, 2.75) is 18.2 Å². The van der Waals surface area contributed by atoms with Gasteiger partial charge in [0.2, 0.25) is 0 Å². The van der Waals surface area contributed by atoms with Gasteiger partial charge in [0, 0.05) is 23.4 Å². The lowest BCUT2D eigenvalue weighted by atomic mass is 10.0. The first-order valence-corrected chi connectivity index (χ1v) is 9.68. The Labute approximate surface area is 166 Å². The van der Waals surface area contributed by atoms with E-state index < -0.39 is 16.0 Å². The fourth-order valence-electron chi connectivity index (χ4n) is 2.18. The van der Waals surface area contributed by atoms with Crippen molar-refractivity contribution in [3.05, 3.63) is 57.9 Å². The summed E-state index contributed by atoms with van der Waals surface area (Å²) in [5.41, 5.74) is 1.53. The Balaban J connectivity index is 2.14.